The zero-order valence-corrected chi connectivity index (χ0v) is 20.7. The summed E-state index contributed by atoms with van der Waals surface area (Å²) in [7, 11) is 0. The maximum Gasteiger partial charge on any atom is 0.306 e. The molecular weight excluding hydrogens is 479 g/mol. The minimum atomic E-state index is -0.851. The number of rotatable bonds is 9. The van der Waals surface area contributed by atoms with Gasteiger partial charge in [-0.25, -0.2) is 4.39 Å². The molecule has 0 spiro atoms. The van der Waals surface area contributed by atoms with Crippen LogP contribution >= 0.6 is 0 Å². The second-order valence-electron chi connectivity index (χ2n) is 9.75. The number of halogens is 1. The number of hydrogen-bond acceptors (Lipinski definition) is 7. The summed E-state index contributed by atoms with van der Waals surface area (Å²) in [5.41, 5.74) is 6.25. The number of nitrogens with one attached hydrogen (secondary N) is 1. The average Bonchev–Trinajstić information content (AvgIpc) is 3.47. The monoisotopic (exact) mass is 506 g/mol. The maximum atomic E-state index is 13.4. The van der Waals surface area contributed by atoms with Crippen molar-refractivity contribution in [1.29, 1.82) is 0 Å². The number of benzene rings is 2. The number of fused-ring (bicyclic) bond motifs is 1. The Morgan fingerprint density at radius 2 is 1.78 bits per heavy atom. The van der Waals surface area contributed by atoms with Crippen LogP contribution in [0.4, 0.5) is 4.39 Å². The molecule has 0 fully saturated rings. The van der Waals surface area contributed by atoms with Crippen molar-refractivity contribution >= 4 is 28.5 Å². The Bertz CT molecular complexity index is 1450. The smallest absolute Gasteiger partial charge is 0.306 e. The summed E-state index contributed by atoms with van der Waals surface area (Å²) in [6.07, 6.45) is 0.0964. The van der Waals surface area contributed by atoms with Crippen molar-refractivity contribution in [3.05, 3.63) is 77.4 Å². The molecule has 0 unspecified atom stereocenters. The quantitative estimate of drug-likeness (QED) is 0.355. The number of carbonyl (C=O) groups excluding carboxylic acids is 3. The molecular formula is C26H27FN6O4. The first-order valence-electron chi connectivity index (χ1n) is 11.7. The lowest BCUT2D eigenvalue weighted by Gasteiger charge is -2.30. The van der Waals surface area contributed by atoms with Crippen molar-refractivity contribution in [3.63, 3.8) is 0 Å². The molecule has 0 bridgehead atoms. The lowest BCUT2D eigenvalue weighted by Crippen LogP contribution is -2.49. The SMILES string of the molecule is CC(C)(C)[C@H](NC(=O)c1nn(Cc2ccc(F)cc2)c2ccccc12)C(=O)CCc1nnc(C(N)=O)o1. The molecule has 2 heterocycles. The third kappa shape index (κ3) is 5.88. The number of aromatic nitrogens is 4. The second kappa shape index (κ2) is 10.3. The Labute approximate surface area is 212 Å². The van der Waals surface area contributed by atoms with Gasteiger partial charge in [-0.2, -0.15) is 5.10 Å². The van der Waals surface area contributed by atoms with Crippen molar-refractivity contribution in [2.24, 2.45) is 11.1 Å². The fourth-order valence-electron chi connectivity index (χ4n) is 3.99. The number of amides is 2. The van der Waals surface area contributed by atoms with E-state index in [1.54, 1.807) is 28.9 Å². The minimum Gasteiger partial charge on any atom is -0.417 e. The molecule has 11 heteroatoms. The Morgan fingerprint density at radius 3 is 2.43 bits per heavy atom. The van der Waals surface area contributed by atoms with E-state index >= 15 is 0 Å². The molecule has 10 nitrogen and oxygen atoms in total. The van der Waals surface area contributed by atoms with E-state index < -0.39 is 23.3 Å². The summed E-state index contributed by atoms with van der Waals surface area (Å²) in [5.74, 6) is -2.14. The van der Waals surface area contributed by atoms with Crippen molar-refractivity contribution in [3.8, 4) is 0 Å². The summed E-state index contributed by atoms with van der Waals surface area (Å²) in [6.45, 7) is 5.88. The molecule has 2 amide bonds. The molecule has 0 aliphatic carbocycles. The van der Waals surface area contributed by atoms with Crippen molar-refractivity contribution in [2.45, 2.75) is 46.2 Å². The van der Waals surface area contributed by atoms with Crippen LogP contribution in [-0.2, 0) is 17.8 Å². The Kier molecular flexibility index (Phi) is 7.14. The molecule has 3 N–H and O–H groups in total. The normalized spacial score (nSPS) is 12.4. The van der Waals surface area contributed by atoms with Crippen LogP contribution in [-0.4, -0.2) is 43.6 Å². The predicted molar refractivity (Wildman–Crippen MR) is 132 cm³/mol. The number of para-hydroxylation sites is 1. The Balaban J connectivity index is 1.54. The molecule has 0 aliphatic heterocycles. The van der Waals surface area contributed by atoms with Gasteiger partial charge in [-0.3, -0.25) is 19.1 Å². The molecule has 1 atom stereocenters. The molecule has 0 saturated heterocycles. The standard InChI is InChI=1S/C26H27FN6O4/c1-26(2,3)22(19(34)12-13-20-30-31-25(37-20)23(28)35)29-24(36)21-17-6-4-5-7-18(17)33(32-21)14-15-8-10-16(27)11-9-15/h4-11,22H,12-14H2,1-3H3,(H2,28,35)(H,29,36)/t22-/m1/s1. The highest BCUT2D eigenvalue weighted by Crippen LogP contribution is 2.24. The minimum absolute atomic E-state index is 0.00235. The van der Waals surface area contributed by atoms with Crippen LogP contribution in [0.15, 0.2) is 52.9 Å². The van der Waals surface area contributed by atoms with E-state index in [2.05, 4.69) is 20.6 Å². The Morgan fingerprint density at radius 1 is 1.08 bits per heavy atom. The topological polar surface area (TPSA) is 146 Å². The van der Waals surface area contributed by atoms with Crippen LogP contribution in [0.3, 0.4) is 0 Å². The van der Waals surface area contributed by atoms with E-state index in [-0.39, 0.29) is 41.9 Å². The number of carbonyl (C=O) groups is 3. The van der Waals surface area contributed by atoms with E-state index in [0.717, 1.165) is 11.1 Å². The highest BCUT2D eigenvalue weighted by atomic mass is 19.1. The third-order valence-corrected chi connectivity index (χ3v) is 5.84. The summed E-state index contributed by atoms with van der Waals surface area (Å²) < 4.78 is 20.1. The number of nitrogens with two attached hydrogens (primary N) is 1. The molecule has 0 radical (unpaired) electrons. The molecule has 2 aromatic carbocycles. The van der Waals surface area contributed by atoms with Crippen molar-refractivity contribution in [2.75, 3.05) is 0 Å². The molecule has 4 rings (SSSR count). The van der Waals surface area contributed by atoms with E-state index in [1.165, 1.54) is 12.1 Å². The van der Waals surface area contributed by atoms with Crippen molar-refractivity contribution in [1.82, 2.24) is 25.3 Å². The Hall–Kier alpha value is -4.41. The largest absolute Gasteiger partial charge is 0.417 e. The summed E-state index contributed by atoms with van der Waals surface area (Å²) in [6, 6.07) is 12.5. The van der Waals surface area contributed by atoms with E-state index in [9.17, 15) is 18.8 Å². The second-order valence-corrected chi connectivity index (χ2v) is 9.75. The van der Waals surface area contributed by atoms with Gasteiger partial charge in [0.1, 0.15) is 5.82 Å². The van der Waals surface area contributed by atoms with E-state index in [1.807, 2.05) is 32.9 Å². The van der Waals surface area contributed by atoms with Crippen LogP contribution in [0.2, 0.25) is 0 Å². The number of primary amides is 1. The van der Waals surface area contributed by atoms with Gasteiger partial charge in [-0.15, -0.1) is 10.2 Å². The predicted octanol–water partition coefficient (Wildman–Crippen LogP) is 3.05. The average molecular weight is 507 g/mol. The number of hydrogen-bond donors (Lipinski definition) is 2. The zero-order valence-electron chi connectivity index (χ0n) is 20.7. The van der Waals surface area contributed by atoms with Gasteiger partial charge in [0.2, 0.25) is 5.89 Å². The lowest BCUT2D eigenvalue weighted by atomic mass is 9.82. The lowest BCUT2D eigenvalue weighted by molar-refractivity contribution is -0.123. The van der Waals surface area contributed by atoms with Crippen molar-refractivity contribution < 1.29 is 23.2 Å². The van der Waals surface area contributed by atoms with Crippen LogP contribution in [0, 0.1) is 11.2 Å². The number of aryl methyl sites for hydroxylation is 1. The van der Waals surface area contributed by atoms with Gasteiger partial charge >= 0.3 is 11.8 Å². The van der Waals surface area contributed by atoms with E-state index in [0.29, 0.717) is 11.9 Å². The first-order chi connectivity index (χ1) is 17.5. The highest BCUT2D eigenvalue weighted by molar-refractivity contribution is 6.06. The number of nitrogens with zero attached hydrogens (tertiary/aromatic N) is 4. The number of ketones is 1. The first kappa shape index (κ1) is 25.7. The highest BCUT2D eigenvalue weighted by Gasteiger charge is 2.34. The van der Waals surface area contributed by atoms with Gasteiger partial charge < -0.3 is 15.5 Å². The van der Waals surface area contributed by atoms with Gasteiger partial charge in [0.25, 0.3) is 5.91 Å². The molecule has 0 aliphatic rings. The summed E-state index contributed by atoms with van der Waals surface area (Å²) in [4.78, 5) is 37.7. The fourth-order valence-corrected chi connectivity index (χ4v) is 3.99. The number of Topliss-reactive ketones (excluding diaryl/α,β-unsaturated/α-hetero) is 1. The third-order valence-electron chi connectivity index (χ3n) is 5.84. The van der Waals surface area contributed by atoms with Gasteiger partial charge in [0.15, 0.2) is 11.5 Å². The molecule has 37 heavy (non-hydrogen) atoms. The maximum absolute atomic E-state index is 13.4. The van der Waals surface area contributed by atoms with Gasteiger partial charge in [0.05, 0.1) is 18.1 Å². The molecule has 2 aromatic heterocycles. The van der Waals surface area contributed by atoms with Crippen LogP contribution < -0.4 is 11.1 Å². The fraction of sp³-hybridized carbons (Fsp3) is 0.308. The first-order valence-corrected chi connectivity index (χ1v) is 11.7. The summed E-state index contributed by atoms with van der Waals surface area (Å²) >= 11 is 0. The molecule has 4 aromatic rings. The van der Waals surface area contributed by atoms with Crippen LogP contribution in [0.25, 0.3) is 10.9 Å². The van der Waals surface area contributed by atoms with Gasteiger partial charge in [-0.1, -0.05) is 51.1 Å². The zero-order chi connectivity index (χ0) is 26.7. The molecule has 192 valence electrons. The van der Waals surface area contributed by atoms with Crippen LogP contribution in [0.5, 0.6) is 0 Å². The summed E-state index contributed by atoms with van der Waals surface area (Å²) in [5, 5.41) is 15.3. The molecule has 0 saturated carbocycles. The van der Waals surface area contributed by atoms with Gasteiger partial charge in [0, 0.05) is 18.2 Å². The van der Waals surface area contributed by atoms with E-state index in [4.69, 9.17) is 10.2 Å². The van der Waals surface area contributed by atoms with Crippen LogP contribution in [0.1, 0.15) is 59.8 Å². The van der Waals surface area contributed by atoms with Gasteiger partial charge in [-0.05, 0) is 29.2 Å².